The number of carbonyl (C=O) groups is 4. The minimum atomic E-state index is -0.896. The van der Waals surface area contributed by atoms with Crippen LogP contribution in [0.5, 0.6) is 0 Å². The summed E-state index contributed by atoms with van der Waals surface area (Å²) < 4.78 is 10.4. The van der Waals surface area contributed by atoms with Gasteiger partial charge in [0.15, 0.2) is 11.6 Å². The van der Waals surface area contributed by atoms with Crippen LogP contribution in [0.4, 0.5) is 9.59 Å². The van der Waals surface area contributed by atoms with Crippen molar-refractivity contribution in [3.63, 3.8) is 0 Å². The second-order valence-electron chi connectivity index (χ2n) is 12.7. The summed E-state index contributed by atoms with van der Waals surface area (Å²) in [7, 11) is 0. The maximum absolute atomic E-state index is 12.8. The molecule has 292 valence electrons. The standard InChI is InChI=1S/C20H28N4O3.C17H24N6O4/c1-5-14(3)18-22-19(27-23-18)17(12-15(4)25)21-20(26)24(6-2)13-16-10-8-7-9-11-16;1-2-23(9-11-6-4-3-5-7-11)17(26)20-13(8-14(19)25)16-21-15(22-27-16)12(18)10-24/h7-11,14,17H,5-6,12-13H2,1-4H3,(H,21,26);3-7,12-13,24H,2,8-10,18H2,1H3,(H2,19,25)(H,20,26)/t14-,17-;12-,13-/m00/s1. The smallest absolute Gasteiger partial charge is 0.318 e. The fourth-order valence-corrected chi connectivity index (χ4v) is 5.02. The number of benzene rings is 2. The number of aliphatic hydroxyl groups excluding tert-OH is 1. The van der Waals surface area contributed by atoms with Crippen molar-refractivity contribution < 1.29 is 33.3 Å². The summed E-state index contributed by atoms with van der Waals surface area (Å²) in [6.07, 6.45) is 0.769. The number of urea groups is 2. The Hall–Kier alpha value is -5.68. The highest BCUT2D eigenvalue weighted by Gasteiger charge is 2.28. The molecule has 5 amide bonds. The van der Waals surface area contributed by atoms with E-state index in [0.717, 1.165) is 17.5 Å². The van der Waals surface area contributed by atoms with Crippen LogP contribution in [-0.2, 0) is 22.7 Å². The molecule has 0 spiro atoms. The molecule has 0 aliphatic carbocycles. The van der Waals surface area contributed by atoms with Crippen LogP contribution in [0.15, 0.2) is 69.7 Å². The average molecular weight is 749 g/mol. The third kappa shape index (κ3) is 13.4. The number of ketones is 1. The summed E-state index contributed by atoms with van der Waals surface area (Å²) in [5.41, 5.74) is 12.9. The highest BCUT2D eigenvalue weighted by molar-refractivity contribution is 5.79. The zero-order valence-corrected chi connectivity index (χ0v) is 31.5. The maximum Gasteiger partial charge on any atom is 0.318 e. The van der Waals surface area contributed by atoms with E-state index in [1.165, 1.54) is 6.92 Å². The predicted molar refractivity (Wildman–Crippen MR) is 198 cm³/mol. The van der Waals surface area contributed by atoms with Crippen LogP contribution >= 0.6 is 0 Å². The molecule has 17 heteroatoms. The molecule has 0 saturated heterocycles. The van der Waals surface area contributed by atoms with E-state index in [1.54, 1.807) is 9.80 Å². The Morgan fingerprint density at radius 2 is 1.20 bits per heavy atom. The fourth-order valence-electron chi connectivity index (χ4n) is 5.02. The van der Waals surface area contributed by atoms with Crippen molar-refractivity contribution >= 4 is 23.8 Å². The van der Waals surface area contributed by atoms with Crippen LogP contribution in [0.2, 0.25) is 0 Å². The molecule has 7 N–H and O–H groups in total. The van der Waals surface area contributed by atoms with Crippen molar-refractivity contribution in [1.29, 1.82) is 0 Å². The lowest BCUT2D eigenvalue weighted by Gasteiger charge is -2.24. The number of primary amides is 1. The van der Waals surface area contributed by atoms with E-state index in [-0.39, 0.29) is 54.8 Å². The Morgan fingerprint density at radius 1 is 0.759 bits per heavy atom. The second-order valence-corrected chi connectivity index (χ2v) is 12.7. The van der Waals surface area contributed by atoms with Crippen molar-refractivity contribution in [3.8, 4) is 0 Å². The van der Waals surface area contributed by atoms with Gasteiger partial charge < -0.3 is 46.1 Å². The molecule has 0 saturated carbocycles. The van der Waals surface area contributed by atoms with Crippen molar-refractivity contribution in [1.82, 2.24) is 40.7 Å². The molecule has 0 aliphatic heterocycles. The van der Waals surface area contributed by atoms with Crippen molar-refractivity contribution in [3.05, 3.63) is 95.2 Å². The molecule has 2 aromatic heterocycles. The molecule has 54 heavy (non-hydrogen) atoms. The molecule has 0 aliphatic rings. The molecule has 4 aromatic rings. The third-order valence-corrected chi connectivity index (χ3v) is 8.36. The van der Waals surface area contributed by atoms with E-state index in [4.69, 9.17) is 25.6 Å². The third-order valence-electron chi connectivity index (χ3n) is 8.36. The van der Waals surface area contributed by atoms with Crippen molar-refractivity contribution in [2.75, 3.05) is 19.7 Å². The van der Waals surface area contributed by atoms with Crippen LogP contribution in [0.3, 0.4) is 0 Å². The highest BCUT2D eigenvalue weighted by Crippen LogP contribution is 2.21. The molecule has 0 unspecified atom stereocenters. The number of Topliss-reactive ketones (excluding diaryl/α,β-unsaturated/α-hetero) is 1. The van der Waals surface area contributed by atoms with Gasteiger partial charge in [-0.3, -0.25) is 9.59 Å². The normalized spacial score (nSPS) is 13.0. The first-order valence-corrected chi connectivity index (χ1v) is 17.9. The van der Waals surface area contributed by atoms with E-state index in [1.807, 2.05) is 88.4 Å². The van der Waals surface area contributed by atoms with Gasteiger partial charge in [-0.25, -0.2) is 9.59 Å². The number of rotatable bonds is 18. The SMILES string of the molecule is CCN(Cc1ccccc1)C(=O)N[C@@H](CC(N)=O)c1nc([C@@H](N)CO)no1.CC[C@H](C)c1noc([C@H](CC(C)=O)NC(=O)N(CC)Cc2ccccc2)n1. The second kappa shape index (κ2) is 21.8. The summed E-state index contributed by atoms with van der Waals surface area (Å²) >= 11 is 0. The van der Waals surface area contributed by atoms with Crippen LogP contribution < -0.4 is 22.1 Å². The first-order valence-electron chi connectivity index (χ1n) is 17.9. The van der Waals surface area contributed by atoms with Crippen LogP contribution in [0.1, 0.15) is 112 Å². The predicted octanol–water partition coefficient (Wildman–Crippen LogP) is 4.04. The molecule has 4 rings (SSSR count). The topological polar surface area (TPSA) is 249 Å². The summed E-state index contributed by atoms with van der Waals surface area (Å²) in [6.45, 7) is 10.8. The Kier molecular flexibility index (Phi) is 17.2. The maximum atomic E-state index is 12.8. The number of amides is 5. The van der Waals surface area contributed by atoms with E-state index in [0.29, 0.717) is 32.0 Å². The summed E-state index contributed by atoms with van der Waals surface area (Å²) in [5, 5.41) is 22.3. The van der Waals surface area contributed by atoms with Gasteiger partial charge in [0, 0.05) is 38.5 Å². The Balaban J connectivity index is 0.000000290. The van der Waals surface area contributed by atoms with Gasteiger partial charge in [-0.05, 0) is 38.3 Å². The highest BCUT2D eigenvalue weighted by atomic mass is 16.5. The number of nitrogens with two attached hydrogens (primary N) is 2. The van der Waals surface area contributed by atoms with Crippen LogP contribution in [0, 0.1) is 0 Å². The van der Waals surface area contributed by atoms with E-state index in [9.17, 15) is 19.2 Å². The number of aliphatic hydroxyl groups is 1. The molecule has 2 aromatic carbocycles. The molecule has 17 nitrogen and oxygen atoms in total. The summed E-state index contributed by atoms with van der Waals surface area (Å²) in [4.78, 5) is 60.2. The van der Waals surface area contributed by atoms with Crippen molar-refractivity contribution in [2.45, 2.75) is 91.0 Å². The van der Waals surface area contributed by atoms with Gasteiger partial charge in [0.1, 0.15) is 17.9 Å². The number of carbonyl (C=O) groups excluding carboxylic acids is 4. The van der Waals surface area contributed by atoms with Gasteiger partial charge in [0.2, 0.25) is 17.7 Å². The molecular weight excluding hydrogens is 696 g/mol. The number of nitrogens with zero attached hydrogens (tertiary/aromatic N) is 6. The van der Waals surface area contributed by atoms with Crippen LogP contribution in [0.25, 0.3) is 0 Å². The first-order chi connectivity index (χ1) is 25.9. The van der Waals surface area contributed by atoms with E-state index < -0.39 is 30.1 Å². The zero-order valence-electron chi connectivity index (χ0n) is 31.5. The number of hydrogen-bond acceptors (Lipinski definition) is 12. The van der Waals surface area contributed by atoms with Gasteiger partial charge in [0.25, 0.3) is 0 Å². The molecular formula is C37H52N10O7. The molecule has 0 bridgehead atoms. The van der Waals surface area contributed by atoms with Gasteiger partial charge in [-0.2, -0.15) is 9.97 Å². The number of nitrogens with one attached hydrogen (secondary N) is 2. The van der Waals surface area contributed by atoms with Crippen LogP contribution in [-0.4, -0.2) is 78.6 Å². The number of hydrogen-bond donors (Lipinski definition) is 5. The average Bonchev–Trinajstić information content (AvgIpc) is 3.87. The molecule has 4 atom stereocenters. The largest absolute Gasteiger partial charge is 0.394 e. The number of aromatic nitrogens is 4. The van der Waals surface area contributed by atoms with Gasteiger partial charge >= 0.3 is 12.1 Å². The Morgan fingerprint density at radius 3 is 1.61 bits per heavy atom. The van der Waals surface area contributed by atoms with Gasteiger partial charge in [-0.15, -0.1) is 0 Å². The monoisotopic (exact) mass is 748 g/mol. The lowest BCUT2D eigenvalue weighted by atomic mass is 10.1. The lowest BCUT2D eigenvalue weighted by molar-refractivity contribution is -0.119. The van der Waals surface area contributed by atoms with Gasteiger partial charge in [-0.1, -0.05) is 84.8 Å². The molecule has 0 radical (unpaired) electrons. The quantitative estimate of drug-likeness (QED) is 0.0967. The minimum Gasteiger partial charge on any atom is -0.394 e. The molecule has 0 fully saturated rings. The minimum absolute atomic E-state index is 0.00295. The first kappa shape index (κ1) is 42.7. The van der Waals surface area contributed by atoms with E-state index >= 15 is 0 Å². The Labute approximate surface area is 314 Å². The Bertz CT molecular complexity index is 1620. The van der Waals surface area contributed by atoms with Gasteiger partial charge in [0.05, 0.1) is 19.1 Å². The molecule has 2 heterocycles. The fraction of sp³-hybridized carbons (Fsp3) is 0.459. The summed E-state index contributed by atoms with van der Waals surface area (Å²) in [5.74, 6) is 0.384. The zero-order chi connectivity index (χ0) is 39.6. The van der Waals surface area contributed by atoms with E-state index in [2.05, 4.69) is 30.9 Å². The summed E-state index contributed by atoms with van der Waals surface area (Å²) in [6, 6.07) is 16.2. The lowest BCUT2D eigenvalue weighted by Crippen LogP contribution is -2.42. The van der Waals surface area contributed by atoms with Crippen molar-refractivity contribution in [2.24, 2.45) is 11.5 Å².